The summed E-state index contributed by atoms with van der Waals surface area (Å²) in [5, 5.41) is 0. The number of methoxy groups -OCH3 is 1. The molecule has 0 bridgehead atoms. The lowest BCUT2D eigenvalue weighted by Gasteiger charge is -2.18. The second-order valence-corrected chi connectivity index (χ2v) is 3.59. The Hall–Kier alpha value is -1.66. The van der Waals surface area contributed by atoms with Crippen molar-refractivity contribution in [2.75, 3.05) is 7.11 Å². The van der Waals surface area contributed by atoms with Crippen molar-refractivity contribution in [1.29, 1.82) is 0 Å². The first-order chi connectivity index (χ1) is 8.11. The van der Waals surface area contributed by atoms with Crippen LogP contribution in [0.2, 0.25) is 0 Å². The number of ketones is 1. The molecule has 18 heavy (non-hydrogen) atoms. The van der Waals surface area contributed by atoms with Gasteiger partial charge in [0.1, 0.15) is 5.75 Å². The maximum absolute atomic E-state index is 12.8. The molecule has 0 atom stereocenters. The molecule has 100 valence electrons. The zero-order valence-corrected chi connectivity index (χ0v) is 9.44. The number of carbonyl (C=O) groups excluding carboxylic acids is 1. The summed E-state index contributed by atoms with van der Waals surface area (Å²) >= 11 is 0. The molecule has 1 aromatic rings. The highest BCUT2D eigenvalue weighted by Gasteiger charge is 2.63. The molecule has 0 saturated carbocycles. The van der Waals surface area contributed by atoms with Gasteiger partial charge >= 0.3 is 12.1 Å². The standard InChI is InChI=1S/C11H9F5O2/c1-6-5-7(3-4-8(6)18-2)9(17)10(12,13)11(14,15)16/h3-5H,1-2H3. The van der Waals surface area contributed by atoms with Crippen molar-refractivity contribution >= 4 is 5.78 Å². The van der Waals surface area contributed by atoms with Crippen LogP contribution in [0.5, 0.6) is 5.75 Å². The van der Waals surface area contributed by atoms with Gasteiger partial charge in [0.15, 0.2) is 0 Å². The smallest absolute Gasteiger partial charge is 0.461 e. The number of carbonyl (C=O) groups is 1. The van der Waals surface area contributed by atoms with E-state index in [-0.39, 0.29) is 0 Å². The second-order valence-electron chi connectivity index (χ2n) is 3.59. The summed E-state index contributed by atoms with van der Waals surface area (Å²) in [4.78, 5) is 11.2. The average molecular weight is 268 g/mol. The molecule has 1 rings (SSSR count). The Kier molecular flexibility index (Phi) is 3.64. The molecule has 0 aromatic heterocycles. The zero-order chi connectivity index (χ0) is 14.1. The van der Waals surface area contributed by atoms with Gasteiger partial charge in [0, 0.05) is 5.56 Å². The molecule has 0 unspecified atom stereocenters. The van der Waals surface area contributed by atoms with Crippen molar-refractivity contribution in [1.82, 2.24) is 0 Å². The number of aryl methyl sites for hydroxylation is 1. The Bertz CT molecular complexity index is 465. The molecule has 0 aliphatic rings. The molecule has 0 N–H and O–H groups in total. The van der Waals surface area contributed by atoms with Gasteiger partial charge in [-0.15, -0.1) is 0 Å². The largest absolute Gasteiger partial charge is 0.496 e. The Morgan fingerprint density at radius 2 is 1.72 bits per heavy atom. The van der Waals surface area contributed by atoms with Crippen LogP contribution < -0.4 is 4.74 Å². The van der Waals surface area contributed by atoms with Crippen LogP contribution >= 0.6 is 0 Å². The van der Waals surface area contributed by atoms with Crippen molar-refractivity contribution in [3.63, 3.8) is 0 Å². The minimum Gasteiger partial charge on any atom is -0.496 e. The lowest BCUT2D eigenvalue weighted by Crippen LogP contribution is -2.44. The van der Waals surface area contributed by atoms with Crippen molar-refractivity contribution in [2.24, 2.45) is 0 Å². The Morgan fingerprint density at radius 3 is 2.11 bits per heavy atom. The van der Waals surface area contributed by atoms with E-state index >= 15 is 0 Å². The van der Waals surface area contributed by atoms with E-state index in [0.29, 0.717) is 11.3 Å². The van der Waals surface area contributed by atoms with Crippen LogP contribution in [0.1, 0.15) is 15.9 Å². The van der Waals surface area contributed by atoms with Crippen molar-refractivity contribution in [3.8, 4) is 5.75 Å². The highest BCUT2D eigenvalue weighted by atomic mass is 19.4. The van der Waals surface area contributed by atoms with E-state index in [1.165, 1.54) is 14.0 Å². The fraction of sp³-hybridized carbons (Fsp3) is 0.364. The predicted octanol–water partition coefficient (Wildman–Crippen LogP) is 3.38. The van der Waals surface area contributed by atoms with Gasteiger partial charge in [-0.1, -0.05) is 0 Å². The maximum atomic E-state index is 12.8. The van der Waals surface area contributed by atoms with Crippen LogP contribution in [0.15, 0.2) is 18.2 Å². The van der Waals surface area contributed by atoms with Gasteiger partial charge in [0.25, 0.3) is 0 Å². The minimum absolute atomic E-state index is 0.293. The monoisotopic (exact) mass is 268 g/mol. The predicted molar refractivity (Wildman–Crippen MR) is 53.1 cm³/mol. The van der Waals surface area contributed by atoms with E-state index in [1.54, 1.807) is 0 Å². The number of hydrogen-bond donors (Lipinski definition) is 0. The fourth-order valence-electron chi connectivity index (χ4n) is 1.33. The first-order valence-electron chi connectivity index (χ1n) is 4.75. The maximum Gasteiger partial charge on any atom is 0.461 e. The molecular weight excluding hydrogens is 259 g/mol. The molecule has 0 fully saturated rings. The third-order valence-electron chi connectivity index (χ3n) is 2.30. The third-order valence-corrected chi connectivity index (χ3v) is 2.30. The Balaban J connectivity index is 3.16. The molecule has 0 saturated heterocycles. The normalized spacial score (nSPS) is 12.4. The number of alkyl halides is 5. The molecule has 2 nitrogen and oxygen atoms in total. The summed E-state index contributed by atoms with van der Waals surface area (Å²) < 4.78 is 66.5. The number of hydrogen-bond acceptors (Lipinski definition) is 2. The van der Waals surface area contributed by atoms with Crippen molar-refractivity contribution in [3.05, 3.63) is 29.3 Å². The number of rotatable bonds is 3. The van der Waals surface area contributed by atoms with E-state index in [2.05, 4.69) is 0 Å². The van der Waals surface area contributed by atoms with Crippen LogP contribution in [-0.4, -0.2) is 25.0 Å². The second kappa shape index (κ2) is 4.55. The molecule has 0 radical (unpaired) electrons. The van der Waals surface area contributed by atoms with E-state index in [9.17, 15) is 26.7 Å². The first kappa shape index (κ1) is 14.4. The topological polar surface area (TPSA) is 26.3 Å². The summed E-state index contributed by atoms with van der Waals surface area (Å²) in [6, 6.07) is 2.96. The molecule has 0 heterocycles. The lowest BCUT2D eigenvalue weighted by atomic mass is 10.0. The summed E-state index contributed by atoms with van der Waals surface area (Å²) in [6.07, 6.45) is -5.90. The van der Waals surface area contributed by atoms with Crippen molar-refractivity contribution < 1.29 is 31.5 Å². The Labute approximate surface area is 99.4 Å². The van der Waals surface area contributed by atoms with E-state index < -0.39 is 23.4 Å². The van der Waals surface area contributed by atoms with Crippen LogP contribution in [0.4, 0.5) is 22.0 Å². The van der Waals surface area contributed by atoms with Crippen LogP contribution in [-0.2, 0) is 0 Å². The number of ether oxygens (including phenoxy) is 1. The summed E-state index contributed by atoms with van der Waals surface area (Å²) in [6.45, 7) is 1.43. The SMILES string of the molecule is COc1ccc(C(=O)C(F)(F)C(F)(F)F)cc1C. The van der Waals surface area contributed by atoms with Crippen LogP contribution in [0.3, 0.4) is 0 Å². The van der Waals surface area contributed by atoms with Gasteiger partial charge in [-0.25, -0.2) is 0 Å². The van der Waals surface area contributed by atoms with E-state index in [0.717, 1.165) is 18.2 Å². The Morgan fingerprint density at radius 1 is 1.17 bits per heavy atom. The molecule has 0 amide bonds. The van der Waals surface area contributed by atoms with Crippen LogP contribution in [0.25, 0.3) is 0 Å². The summed E-state index contributed by atoms with van der Waals surface area (Å²) in [7, 11) is 1.31. The number of halogens is 5. The van der Waals surface area contributed by atoms with Gasteiger partial charge in [-0.2, -0.15) is 22.0 Å². The average Bonchev–Trinajstić information content (AvgIpc) is 2.26. The van der Waals surface area contributed by atoms with Gasteiger partial charge in [0.05, 0.1) is 7.11 Å². The van der Waals surface area contributed by atoms with Gasteiger partial charge in [-0.3, -0.25) is 4.79 Å². The molecule has 0 spiro atoms. The molecule has 7 heteroatoms. The minimum atomic E-state index is -5.90. The number of Topliss-reactive ketones (excluding diaryl/α,β-unsaturated/α-hetero) is 1. The molecule has 0 aliphatic carbocycles. The first-order valence-corrected chi connectivity index (χ1v) is 4.75. The fourth-order valence-corrected chi connectivity index (χ4v) is 1.33. The van der Waals surface area contributed by atoms with Gasteiger partial charge in [0.2, 0.25) is 5.78 Å². The number of benzene rings is 1. The molecule has 1 aromatic carbocycles. The molecule has 0 aliphatic heterocycles. The quantitative estimate of drug-likeness (QED) is 0.620. The molecular formula is C11H9F5O2. The lowest BCUT2D eigenvalue weighted by molar-refractivity contribution is -0.255. The van der Waals surface area contributed by atoms with Crippen molar-refractivity contribution in [2.45, 2.75) is 19.0 Å². The van der Waals surface area contributed by atoms with Crippen LogP contribution in [0, 0.1) is 6.92 Å². The zero-order valence-electron chi connectivity index (χ0n) is 9.44. The highest BCUT2D eigenvalue weighted by molar-refractivity contribution is 6.02. The highest BCUT2D eigenvalue weighted by Crippen LogP contribution is 2.38. The van der Waals surface area contributed by atoms with Gasteiger partial charge < -0.3 is 4.74 Å². The summed E-state index contributed by atoms with van der Waals surface area (Å²) in [5.74, 6) is -7.38. The van der Waals surface area contributed by atoms with E-state index in [1.807, 2.05) is 0 Å². The van der Waals surface area contributed by atoms with E-state index in [4.69, 9.17) is 4.74 Å². The van der Waals surface area contributed by atoms with Gasteiger partial charge in [-0.05, 0) is 30.7 Å². The summed E-state index contributed by atoms with van der Waals surface area (Å²) in [5.41, 5.74) is -0.419. The third kappa shape index (κ3) is 2.44.